The number of anilines is 1. The maximum atomic E-state index is 13.9. The van der Waals surface area contributed by atoms with E-state index in [1.807, 2.05) is 6.07 Å². The second-order valence-electron chi connectivity index (χ2n) is 7.47. The highest BCUT2D eigenvalue weighted by molar-refractivity contribution is 7.29. The minimum Gasteiger partial charge on any atom is -0.349 e. The second kappa shape index (κ2) is 9.32. The number of hydrogen-bond acceptors (Lipinski definition) is 6. The smallest absolute Gasteiger partial charge is 0.261 e. The topological polar surface area (TPSA) is 65.5 Å². The first-order valence-corrected chi connectivity index (χ1v) is 12.1. The number of amides is 2. The van der Waals surface area contributed by atoms with Crippen LogP contribution in [0.1, 0.15) is 46.7 Å². The number of nitrogens with zero attached hydrogens (tertiary/aromatic N) is 3. The minimum absolute atomic E-state index is 0.00324. The van der Waals surface area contributed by atoms with Crippen LogP contribution < -0.4 is 10.2 Å². The molecule has 4 rings (SSSR count). The van der Waals surface area contributed by atoms with E-state index in [2.05, 4.69) is 29.0 Å². The van der Waals surface area contributed by atoms with Crippen LogP contribution in [0.3, 0.4) is 0 Å². The Morgan fingerprint density at radius 3 is 2.55 bits per heavy atom. The van der Waals surface area contributed by atoms with E-state index >= 15 is 0 Å². The number of carbonyl (C=O) groups excluding carboxylic acids is 2. The van der Waals surface area contributed by atoms with Crippen molar-refractivity contribution in [3.63, 3.8) is 0 Å². The molecule has 9 heteroatoms. The molecule has 2 aromatic heterocycles. The molecular formula is C22H25FN4O2S2. The van der Waals surface area contributed by atoms with E-state index in [9.17, 15) is 14.0 Å². The lowest BCUT2D eigenvalue weighted by atomic mass is 10.0. The number of aromatic nitrogens is 1. The average molecular weight is 461 g/mol. The van der Waals surface area contributed by atoms with Crippen LogP contribution in [-0.2, 0) is 0 Å². The van der Waals surface area contributed by atoms with Crippen molar-refractivity contribution in [3.05, 3.63) is 46.6 Å². The lowest BCUT2D eigenvalue weighted by Crippen LogP contribution is -2.46. The highest BCUT2D eigenvalue weighted by atomic mass is 32.1. The van der Waals surface area contributed by atoms with Crippen LogP contribution in [0.25, 0.3) is 9.53 Å². The fraction of sp³-hybridized carbons (Fsp3) is 0.409. The summed E-state index contributed by atoms with van der Waals surface area (Å²) in [4.78, 5) is 35.4. The zero-order chi connectivity index (χ0) is 22.0. The lowest BCUT2D eigenvalue weighted by molar-refractivity contribution is 0.0694. The summed E-state index contributed by atoms with van der Waals surface area (Å²) in [6, 6.07) is 7.95. The Bertz CT molecular complexity index is 1050. The Kier molecular flexibility index (Phi) is 6.52. The van der Waals surface area contributed by atoms with Crippen molar-refractivity contribution in [2.75, 3.05) is 31.1 Å². The number of hydrogen-bond donors (Lipinski definition) is 1. The predicted octanol–water partition coefficient (Wildman–Crippen LogP) is 4.38. The third-order valence-corrected chi connectivity index (χ3v) is 7.78. The number of benzene rings is 1. The Labute approximate surface area is 188 Å². The molecule has 1 aliphatic rings. The summed E-state index contributed by atoms with van der Waals surface area (Å²) in [5.74, 6) is -0.895. The molecule has 3 heterocycles. The van der Waals surface area contributed by atoms with Crippen molar-refractivity contribution in [1.29, 1.82) is 0 Å². The van der Waals surface area contributed by atoms with Crippen LogP contribution in [0.2, 0.25) is 0 Å². The number of halogens is 1. The van der Waals surface area contributed by atoms with Gasteiger partial charge in [0, 0.05) is 32.2 Å². The molecule has 1 N–H and O–H groups in total. The molecule has 0 spiro atoms. The molecule has 0 bridgehead atoms. The molecule has 2 amide bonds. The Morgan fingerprint density at radius 2 is 1.90 bits per heavy atom. The number of fused-ring (bicyclic) bond motifs is 1. The van der Waals surface area contributed by atoms with Gasteiger partial charge in [0.15, 0.2) is 5.13 Å². The number of nitrogens with one attached hydrogen (secondary N) is 1. The zero-order valence-electron chi connectivity index (χ0n) is 17.6. The Morgan fingerprint density at radius 1 is 1.19 bits per heavy atom. The monoisotopic (exact) mass is 460 g/mol. The van der Waals surface area contributed by atoms with E-state index < -0.39 is 5.82 Å². The van der Waals surface area contributed by atoms with E-state index in [1.54, 1.807) is 28.4 Å². The summed E-state index contributed by atoms with van der Waals surface area (Å²) in [6.07, 6.45) is 1.30. The summed E-state index contributed by atoms with van der Waals surface area (Å²) in [5, 5.41) is 4.07. The van der Waals surface area contributed by atoms with Gasteiger partial charge in [0.2, 0.25) is 0 Å². The number of piperidine rings is 1. The van der Waals surface area contributed by atoms with Gasteiger partial charge >= 0.3 is 0 Å². The number of rotatable bonds is 6. The first-order chi connectivity index (χ1) is 15.0. The Hall–Kier alpha value is -2.52. The van der Waals surface area contributed by atoms with E-state index in [0.717, 1.165) is 27.8 Å². The molecule has 0 aliphatic carbocycles. The molecule has 6 nitrogen and oxygen atoms in total. The number of thiophene rings is 1. The number of thiazole rings is 1. The maximum absolute atomic E-state index is 13.9. The standard InChI is InChI=1S/C22H25FN4O2S2/c1-3-26(4-2)22-25-20-18(31-22)13-17(30-20)19(28)24-14-9-11-27(12-10-14)21(29)15-7-5-6-8-16(15)23/h5-8,13-14H,3-4,9-12H2,1-2H3,(H,24,28). The third kappa shape index (κ3) is 4.57. The first-order valence-electron chi connectivity index (χ1n) is 10.5. The van der Waals surface area contributed by atoms with Gasteiger partial charge in [-0.2, -0.15) is 0 Å². The van der Waals surface area contributed by atoms with Gasteiger partial charge in [-0.15, -0.1) is 11.3 Å². The number of likely N-dealkylation sites (tertiary alicyclic amines) is 1. The normalized spacial score (nSPS) is 14.7. The summed E-state index contributed by atoms with van der Waals surface area (Å²) < 4.78 is 14.9. The van der Waals surface area contributed by atoms with E-state index in [1.165, 1.54) is 23.5 Å². The SMILES string of the molecule is CCN(CC)c1nc2sc(C(=O)NC3CCN(C(=O)c4ccccc4F)CC3)cc2s1. The molecule has 1 aromatic carbocycles. The summed E-state index contributed by atoms with van der Waals surface area (Å²) in [6.45, 7) is 7.00. The fourth-order valence-electron chi connectivity index (χ4n) is 3.75. The second-order valence-corrected chi connectivity index (χ2v) is 9.51. The number of carbonyl (C=O) groups is 2. The van der Waals surface area contributed by atoms with E-state index in [0.29, 0.717) is 30.8 Å². The zero-order valence-corrected chi connectivity index (χ0v) is 19.2. The van der Waals surface area contributed by atoms with Gasteiger partial charge in [-0.05, 0) is 44.9 Å². The quantitative estimate of drug-likeness (QED) is 0.593. The molecule has 0 radical (unpaired) electrons. The predicted molar refractivity (Wildman–Crippen MR) is 124 cm³/mol. The van der Waals surface area contributed by atoms with Gasteiger partial charge in [-0.3, -0.25) is 9.59 Å². The van der Waals surface area contributed by atoms with Crippen LogP contribution in [-0.4, -0.2) is 53.9 Å². The van der Waals surface area contributed by atoms with Crippen molar-refractivity contribution in [2.24, 2.45) is 0 Å². The van der Waals surface area contributed by atoms with Crippen molar-refractivity contribution in [1.82, 2.24) is 15.2 Å². The highest BCUT2D eigenvalue weighted by Gasteiger charge is 2.26. The molecule has 0 saturated carbocycles. The molecule has 1 aliphatic heterocycles. The maximum Gasteiger partial charge on any atom is 0.261 e. The molecule has 3 aromatic rings. The van der Waals surface area contributed by atoms with Crippen LogP contribution in [0.5, 0.6) is 0 Å². The molecule has 1 fully saturated rings. The van der Waals surface area contributed by atoms with Crippen molar-refractivity contribution < 1.29 is 14.0 Å². The average Bonchev–Trinajstić information content (AvgIpc) is 3.35. The van der Waals surface area contributed by atoms with Crippen LogP contribution >= 0.6 is 22.7 Å². The Balaban J connectivity index is 1.34. The van der Waals surface area contributed by atoms with Gasteiger partial charge in [-0.25, -0.2) is 9.37 Å². The van der Waals surface area contributed by atoms with Crippen molar-refractivity contribution in [3.8, 4) is 0 Å². The van der Waals surface area contributed by atoms with Gasteiger partial charge in [-0.1, -0.05) is 23.5 Å². The summed E-state index contributed by atoms with van der Waals surface area (Å²) in [5.41, 5.74) is 0.0974. The van der Waals surface area contributed by atoms with Gasteiger partial charge in [0.1, 0.15) is 10.6 Å². The van der Waals surface area contributed by atoms with Crippen molar-refractivity contribution in [2.45, 2.75) is 32.7 Å². The summed E-state index contributed by atoms with van der Waals surface area (Å²) in [7, 11) is 0. The highest BCUT2D eigenvalue weighted by Crippen LogP contribution is 2.34. The van der Waals surface area contributed by atoms with E-state index in [-0.39, 0.29) is 23.4 Å². The van der Waals surface area contributed by atoms with Crippen LogP contribution in [0.15, 0.2) is 30.3 Å². The molecule has 1 saturated heterocycles. The van der Waals surface area contributed by atoms with Crippen LogP contribution in [0, 0.1) is 5.82 Å². The van der Waals surface area contributed by atoms with Gasteiger partial charge in [0.25, 0.3) is 11.8 Å². The summed E-state index contributed by atoms with van der Waals surface area (Å²) >= 11 is 3.02. The first kappa shape index (κ1) is 21.7. The van der Waals surface area contributed by atoms with E-state index in [4.69, 9.17) is 0 Å². The third-order valence-electron chi connectivity index (χ3n) is 5.56. The lowest BCUT2D eigenvalue weighted by Gasteiger charge is -2.32. The van der Waals surface area contributed by atoms with Gasteiger partial charge in [0.05, 0.1) is 15.1 Å². The van der Waals surface area contributed by atoms with Gasteiger partial charge < -0.3 is 15.1 Å². The minimum atomic E-state index is -0.502. The molecule has 0 atom stereocenters. The van der Waals surface area contributed by atoms with Crippen LogP contribution in [0.4, 0.5) is 9.52 Å². The molecule has 0 unspecified atom stereocenters. The fourth-order valence-corrected chi connectivity index (χ4v) is 5.99. The van der Waals surface area contributed by atoms with Crippen molar-refractivity contribution >= 4 is 49.1 Å². The molecule has 31 heavy (non-hydrogen) atoms. The molecule has 164 valence electrons. The largest absolute Gasteiger partial charge is 0.349 e. The molecular weight excluding hydrogens is 435 g/mol.